The number of nitrogens with zero attached hydrogens (tertiary/aromatic N) is 4. The van der Waals surface area contributed by atoms with Gasteiger partial charge in [0, 0.05) is 32.2 Å². The summed E-state index contributed by atoms with van der Waals surface area (Å²) in [6.07, 6.45) is 1.69. The fourth-order valence-electron chi connectivity index (χ4n) is 3.02. The van der Waals surface area contributed by atoms with Gasteiger partial charge < -0.3 is 4.90 Å². The predicted octanol–water partition coefficient (Wildman–Crippen LogP) is 0.951. The van der Waals surface area contributed by atoms with Crippen LogP contribution in [0.15, 0.2) is 29.3 Å². The van der Waals surface area contributed by atoms with Gasteiger partial charge in [-0.2, -0.15) is 0 Å². The maximum Gasteiger partial charge on any atom is 0.261 e. The normalized spacial score (nSPS) is 21.0. The van der Waals surface area contributed by atoms with E-state index >= 15 is 0 Å². The van der Waals surface area contributed by atoms with Gasteiger partial charge in [0.1, 0.15) is 0 Å². The van der Waals surface area contributed by atoms with E-state index in [2.05, 4.69) is 28.9 Å². The molecule has 1 aliphatic heterocycles. The monoisotopic (exact) mass is 286 g/mol. The summed E-state index contributed by atoms with van der Waals surface area (Å²) in [4.78, 5) is 21.8. The summed E-state index contributed by atoms with van der Waals surface area (Å²) in [6, 6.07) is 6.16. The molecule has 1 unspecified atom stereocenters. The Morgan fingerprint density at radius 1 is 1.29 bits per heavy atom. The van der Waals surface area contributed by atoms with Crippen LogP contribution in [-0.4, -0.2) is 59.1 Å². The zero-order valence-electron chi connectivity index (χ0n) is 12.9. The van der Waals surface area contributed by atoms with Crippen LogP contribution in [0.25, 0.3) is 10.9 Å². The van der Waals surface area contributed by atoms with Gasteiger partial charge in [-0.25, -0.2) is 4.98 Å². The van der Waals surface area contributed by atoms with Crippen molar-refractivity contribution in [3.05, 3.63) is 40.4 Å². The van der Waals surface area contributed by atoms with Crippen molar-refractivity contribution in [2.45, 2.75) is 19.5 Å². The molecule has 1 aromatic carbocycles. The smallest absolute Gasteiger partial charge is 0.261 e. The zero-order valence-corrected chi connectivity index (χ0v) is 12.9. The van der Waals surface area contributed by atoms with Crippen LogP contribution in [0, 0.1) is 6.92 Å². The van der Waals surface area contributed by atoms with Crippen LogP contribution >= 0.6 is 0 Å². The topological polar surface area (TPSA) is 41.4 Å². The summed E-state index contributed by atoms with van der Waals surface area (Å²) in [7, 11) is 4.26. The van der Waals surface area contributed by atoms with Crippen LogP contribution in [0.5, 0.6) is 0 Å². The van der Waals surface area contributed by atoms with E-state index in [9.17, 15) is 4.79 Å². The summed E-state index contributed by atoms with van der Waals surface area (Å²) >= 11 is 0. The fourth-order valence-corrected chi connectivity index (χ4v) is 3.02. The third-order valence-corrected chi connectivity index (χ3v) is 4.45. The molecule has 0 aliphatic carbocycles. The van der Waals surface area contributed by atoms with Crippen molar-refractivity contribution < 1.29 is 0 Å². The Morgan fingerprint density at radius 2 is 2.10 bits per heavy atom. The van der Waals surface area contributed by atoms with Crippen molar-refractivity contribution in [1.29, 1.82) is 0 Å². The van der Waals surface area contributed by atoms with E-state index in [0.717, 1.165) is 36.1 Å². The van der Waals surface area contributed by atoms with Crippen molar-refractivity contribution >= 4 is 10.9 Å². The second kappa shape index (κ2) is 5.58. The zero-order chi connectivity index (χ0) is 15.0. The maximum absolute atomic E-state index is 12.7. The highest BCUT2D eigenvalue weighted by Gasteiger charge is 2.23. The third kappa shape index (κ3) is 2.71. The first-order valence-corrected chi connectivity index (χ1v) is 7.40. The van der Waals surface area contributed by atoms with E-state index in [1.807, 2.05) is 25.1 Å². The number of aryl methyl sites for hydroxylation is 1. The molecule has 1 atom stereocenters. The van der Waals surface area contributed by atoms with Gasteiger partial charge in [0.2, 0.25) is 0 Å². The lowest BCUT2D eigenvalue weighted by atomic mass is 10.1. The quantitative estimate of drug-likeness (QED) is 0.824. The molecule has 0 bridgehead atoms. The number of fused-ring (bicyclic) bond motifs is 1. The molecule has 1 aliphatic rings. The summed E-state index contributed by atoms with van der Waals surface area (Å²) in [5, 5.41) is 0.742. The largest absolute Gasteiger partial charge is 0.303 e. The molecular formula is C16H22N4O. The number of benzene rings is 1. The number of hydrogen-bond donors (Lipinski definition) is 0. The first-order chi connectivity index (χ1) is 10.1. The number of hydrogen-bond acceptors (Lipinski definition) is 4. The lowest BCUT2D eigenvalue weighted by Gasteiger charge is -2.37. The molecule has 0 amide bonds. The molecule has 2 heterocycles. The fraction of sp³-hybridized carbons (Fsp3) is 0.500. The molecule has 0 spiro atoms. The van der Waals surface area contributed by atoms with Gasteiger partial charge in [0.05, 0.1) is 17.2 Å². The minimum absolute atomic E-state index is 0.0692. The van der Waals surface area contributed by atoms with Crippen LogP contribution in [0.3, 0.4) is 0 Å². The van der Waals surface area contributed by atoms with Crippen LogP contribution < -0.4 is 5.56 Å². The molecule has 1 aromatic heterocycles. The first-order valence-electron chi connectivity index (χ1n) is 7.40. The highest BCUT2D eigenvalue weighted by molar-refractivity contribution is 5.80. The highest BCUT2D eigenvalue weighted by Crippen LogP contribution is 2.12. The van der Waals surface area contributed by atoms with E-state index < -0.39 is 0 Å². The second-order valence-corrected chi connectivity index (χ2v) is 6.07. The Kier molecular flexibility index (Phi) is 3.78. The second-order valence-electron chi connectivity index (χ2n) is 6.07. The first kappa shape index (κ1) is 14.2. The molecule has 1 fully saturated rings. The number of rotatable bonds is 2. The molecule has 2 aromatic rings. The molecule has 3 rings (SSSR count). The van der Waals surface area contributed by atoms with E-state index in [0.29, 0.717) is 12.6 Å². The molecule has 0 N–H and O–H groups in total. The Bertz CT molecular complexity index is 709. The van der Waals surface area contributed by atoms with Gasteiger partial charge in [0.25, 0.3) is 5.56 Å². The van der Waals surface area contributed by atoms with Gasteiger partial charge in [-0.15, -0.1) is 0 Å². The molecule has 1 saturated heterocycles. The standard InChI is InChI=1S/C16H22N4O/c1-12-5-4-6-14-15(12)16(21)20(11-17-14)10-13-9-18(2)7-8-19(13)3/h4-6,11,13H,7-10H2,1-3H3. The summed E-state index contributed by atoms with van der Waals surface area (Å²) in [5.41, 5.74) is 1.85. The average Bonchev–Trinajstić information content (AvgIpc) is 2.46. The number of likely N-dealkylation sites (N-methyl/N-ethyl adjacent to an activating group) is 2. The predicted molar refractivity (Wildman–Crippen MR) is 84.7 cm³/mol. The molecule has 21 heavy (non-hydrogen) atoms. The summed E-state index contributed by atoms with van der Waals surface area (Å²) < 4.78 is 1.76. The van der Waals surface area contributed by atoms with E-state index in [1.54, 1.807) is 10.9 Å². The van der Waals surface area contributed by atoms with Gasteiger partial charge in [0.15, 0.2) is 0 Å². The maximum atomic E-state index is 12.7. The Balaban J connectivity index is 1.96. The van der Waals surface area contributed by atoms with E-state index in [-0.39, 0.29) is 5.56 Å². The summed E-state index contributed by atoms with van der Waals surface area (Å²) in [6.45, 7) is 5.76. The van der Waals surface area contributed by atoms with Crippen LogP contribution in [0.4, 0.5) is 0 Å². The average molecular weight is 286 g/mol. The van der Waals surface area contributed by atoms with Crippen molar-refractivity contribution in [1.82, 2.24) is 19.4 Å². The van der Waals surface area contributed by atoms with Gasteiger partial charge in [-0.1, -0.05) is 12.1 Å². The molecular weight excluding hydrogens is 264 g/mol. The SMILES string of the molecule is Cc1cccc2ncn(CC3CN(C)CCN3C)c(=O)c12. The lowest BCUT2D eigenvalue weighted by Crippen LogP contribution is -2.52. The van der Waals surface area contributed by atoms with Gasteiger partial charge >= 0.3 is 0 Å². The molecule has 0 saturated carbocycles. The third-order valence-electron chi connectivity index (χ3n) is 4.45. The molecule has 5 nitrogen and oxygen atoms in total. The minimum atomic E-state index is 0.0692. The Labute approximate surface area is 124 Å². The summed E-state index contributed by atoms with van der Waals surface area (Å²) in [5.74, 6) is 0. The van der Waals surface area contributed by atoms with Crippen molar-refractivity contribution in [2.75, 3.05) is 33.7 Å². The molecule has 112 valence electrons. The van der Waals surface area contributed by atoms with E-state index in [4.69, 9.17) is 0 Å². The Hall–Kier alpha value is -1.72. The van der Waals surface area contributed by atoms with Crippen LogP contribution in [0.1, 0.15) is 5.56 Å². The minimum Gasteiger partial charge on any atom is -0.303 e. The van der Waals surface area contributed by atoms with Crippen LogP contribution in [0.2, 0.25) is 0 Å². The van der Waals surface area contributed by atoms with Gasteiger partial charge in [-0.05, 0) is 32.6 Å². The number of piperazine rings is 1. The lowest BCUT2D eigenvalue weighted by molar-refractivity contribution is 0.102. The molecule has 5 heteroatoms. The van der Waals surface area contributed by atoms with Crippen molar-refractivity contribution in [3.63, 3.8) is 0 Å². The van der Waals surface area contributed by atoms with Crippen molar-refractivity contribution in [3.8, 4) is 0 Å². The Morgan fingerprint density at radius 3 is 2.90 bits per heavy atom. The van der Waals surface area contributed by atoms with Gasteiger partial charge in [-0.3, -0.25) is 14.3 Å². The number of aromatic nitrogens is 2. The molecule has 0 radical (unpaired) electrons. The highest BCUT2D eigenvalue weighted by atomic mass is 16.1. The van der Waals surface area contributed by atoms with Crippen molar-refractivity contribution in [2.24, 2.45) is 0 Å². The van der Waals surface area contributed by atoms with Crippen LogP contribution in [-0.2, 0) is 6.54 Å². The van der Waals surface area contributed by atoms with E-state index in [1.165, 1.54) is 0 Å².